The zero-order valence-corrected chi connectivity index (χ0v) is 12.0. The first-order valence-electron chi connectivity index (χ1n) is 6.21. The molecule has 0 aliphatic carbocycles. The molecule has 1 N–H and O–H groups in total. The first-order valence-corrected chi connectivity index (χ1v) is 6.59. The molecule has 1 atom stereocenters. The van der Waals surface area contributed by atoms with E-state index in [2.05, 4.69) is 10.4 Å². The third-order valence-electron chi connectivity index (χ3n) is 3.15. The van der Waals surface area contributed by atoms with Crippen molar-refractivity contribution >= 4 is 11.6 Å². The fourth-order valence-corrected chi connectivity index (χ4v) is 2.44. The van der Waals surface area contributed by atoms with E-state index in [-0.39, 0.29) is 11.9 Å². The van der Waals surface area contributed by atoms with Crippen LogP contribution in [0.25, 0.3) is 0 Å². The van der Waals surface area contributed by atoms with E-state index in [1.165, 1.54) is 6.07 Å². The van der Waals surface area contributed by atoms with Gasteiger partial charge in [-0.1, -0.05) is 24.6 Å². The lowest BCUT2D eigenvalue weighted by Crippen LogP contribution is -2.19. The second-order valence-electron chi connectivity index (χ2n) is 4.45. The summed E-state index contributed by atoms with van der Waals surface area (Å²) in [5.41, 5.74) is 2.54. The van der Waals surface area contributed by atoms with Gasteiger partial charge in [-0.05, 0) is 25.6 Å². The van der Waals surface area contributed by atoms with Gasteiger partial charge < -0.3 is 5.32 Å². The van der Waals surface area contributed by atoms with Crippen LogP contribution < -0.4 is 5.32 Å². The molecule has 0 saturated heterocycles. The summed E-state index contributed by atoms with van der Waals surface area (Å²) >= 11 is 5.80. The van der Waals surface area contributed by atoms with Gasteiger partial charge in [0, 0.05) is 29.4 Å². The van der Waals surface area contributed by atoms with Gasteiger partial charge in [-0.15, -0.1) is 0 Å². The lowest BCUT2D eigenvalue weighted by atomic mass is 9.98. The van der Waals surface area contributed by atoms with Crippen LogP contribution >= 0.6 is 11.6 Å². The van der Waals surface area contributed by atoms with Crippen LogP contribution in [0.3, 0.4) is 0 Å². The first-order chi connectivity index (χ1) is 9.06. The zero-order chi connectivity index (χ0) is 14.0. The van der Waals surface area contributed by atoms with Crippen molar-refractivity contribution in [1.29, 1.82) is 0 Å². The highest BCUT2D eigenvalue weighted by Gasteiger charge is 2.21. The van der Waals surface area contributed by atoms with E-state index in [0.29, 0.717) is 10.6 Å². The average Bonchev–Trinajstić information content (AvgIpc) is 2.74. The molecule has 0 aliphatic heterocycles. The molecular formula is C14H17ClFN3. The highest BCUT2D eigenvalue weighted by atomic mass is 35.5. The van der Waals surface area contributed by atoms with Crippen LogP contribution in [-0.4, -0.2) is 16.8 Å². The van der Waals surface area contributed by atoms with Crippen molar-refractivity contribution in [2.24, 2.45) is 7.05 Å². The molecule has 0 fully saturated rings. The van der Waals surface area contributed by atoms with E-state index in [0.717, 1.165) is 17.7 Å². The summed E-state index contributed by atoms with van der Waals surface area (Å²) < 4.78 is 15.8. The molecule has 2 rings (SSSR count). The quantitative estimate of drug-likeness (QED) is 0.933. The molecule has 0 aliphatic rings. The van der Waals surface area contributed by atoms with Crippen molar-refractivity contribution in [3.8, 4) is 0 Å². The van der Waals surface area contributed by atoms with Crippen LogP contribution in [0.15, 0.2) is 24.4 Å². The Labute approximate surface area is 117 Å². The summed E-state index contributed by atoms with van der Waals surface area (Å²) in [6.45, 7) is 2.04. The molecule has 1 aromatic carbocycles. The molecule has 1 unspecified atom stereocenters. The van der Waals surface area contributed by atoms with Crippen molar-refractivity contribution < 1.29 is 4.39 Å². The third-order valence-corrected chi connectivity index (χ3v) is 3.38. The van der Waals surface area contributed by atoms with E-state index < -0.39 is 0 Å². The van der Waals surface area contributed by atoms with Crippen molar-refractivity contribution in [3.05, 3.63) is 52.1 Å². The standard InChI is InChI=1S/C14H17ClFN3/c1-4-13-11(8-19(3)18-13)14(17-2)10-6-5-9(15)7-12(10)16/h5-8,14,17H,4H2,1-3H3. The summed E-state index contributed by atoms with van der Waals surface area (Å²) in [4.78, 5) is 0. The van der Waals surface area contributed by atoms with Crippen molar-refractivity contribution in [2.75, 3.05) is 7.05 Å². The summed E-state index contributed by atoms with van der Waals surface area (Å²) in [5.74, 6) is -0.308. The lowest BCUT2D eigenvalue weighted by Gasteiger charge is -2.17. The molecule has 5 heteroatoms. The predicted molar refractivity (Wildman–Crippen MR) is 74.9 cm³/mol. The van der Waals surface area contributed by atoms with Crippen molar-refractivity contribution in [2.45, 2.75) is 19.4 Å². The number of aromatic nitrogens is 2. The van der Waals surface area contributed by atoms with E-state index in [1.807, 2.05) is 27.2 Å². The molecule has 102 valence electrons. The Kier molecular flexibility index (Phi) is 4.22. The third kappa shape index (κ3) is 2.80. The summed E-state index contributed by atoms with van der Waals surface area (Å²) in [5, 5.41) is 7.95. The highest BCUT2D eigenvalue weighted by Crippen LogP contribution is 2.28. The van der Waals surface area contributed by atoms with Crippen LogP contribution in [0, 0.1) is 5.82 Å². The van der Waals surface area contributed by atoms with Crippen LogP contribution in [0.2, 0.25) is 5.02 Å². The van der Waals surface area contributed by atoms with Gasteiger partial charge in [0.15, 0.2) is 0 Å². The first kappa shape index (κ1) is 14.0. The fraction of sp³-hybridized carbons (Fsp3) is 0.357. The van der Waals surface area contributed by atoms with E-state index in [4.69, 9.17) is 11.6 Å². The molecule has 0 spiro atoms. The normalized spacial score (nSPS) is 12.7. The molecule has 0 radical (unpaired) electrons. The Morgan fingerprint density at radius 1 is 1.42 bits per heavy atom. The highest BCUT2D eigenvalue weighted by molar-refractivity contribution is 6.30. The van der Waals surface area contributed by atoms with Crippen LogP contribution in [-0.2, 0) is 13.5 Å². The minimum absolute atomic E-state index is 0.221. The number of benzene rings is 1. The Morgan fingerprint density at radius 3 is 2.74 bits per heavy atom. The van der Waals surface area contributed by atoms with Gasteiger partial charge in [-0.25, -0.2) is 4.39 Å². The van der Waals surface area contributed by atoms with Crippen LogP contribution in [0.5, 0.6) is 0 Å². The topological polar surface area (TPSA) is 29.9 Å². The maximum Gasteiger partial charge on any atom is 0.129 e. The van der Waals surface area contributed by atoms with Gasteiger partial charge in [-0.3, -0.25) is 4.68 Å². The van der Waals surface area contributed by atoms with Crippen molar-refractivity contribution in [3.63, 3.8) is 0 Å². The number of halogens is 2. The number of rotatable bonds is 4. The fourth-order valence-electron chi connectivity index (χ4n) is 2.28. The van der Waals surface area contributed by atoms with Gasteiger partial charge in [-0.2, -0.15) is 5.10 Å². The molecule has 1 heterocycles. The van der Waals surface area contributed by atoms with Gasteiger partial charge in [0.25, 0.3) is 0 Å². The smallest absolute Gasteiger partial charge is 0.129 e. The zero-order valence-electron chi connectivity index (χ0n) is 11.2. The predicted octanol–water partition coefficient (Wildman–Crippen LogP) is 3.08. The molecule has 0 amide bonds. The molecule has 3 nitrogen and oxygen atoms in total. The molecule has 2 aromatic rings. The second kappa shape index (κ2) is 5.72. The number of hydrogen-bond acceptors (Lipinski definition) is 2. The maximum absolute atomic E-state index is 14.1. The van der Waals surface area contributed by atoms with Gasteiger partial charge in [0.05, 0.1) is 11.7 Å². The molecule has 0 bridgehead atoms. The minimum Gasteiger partial charge on any atom is -0.309 e. The van der Waals surface area contributed by atoms with E-state index in [1.54, 1.807) is 16.8 Å². The monoisotopic (exact) mass is 281 g/mol. The van der Waals surface area contributed by atoms with E-state index in [9.17, 15) is 4.39 Å². The summed E-state index contributed by atoms with van der Waals surface area (Å²) in [7, 11) is 3.68. The van der Waals surface area contributed by atoms with Gasteiger partial charge in [0.2, 0.25) is 0 Å². The van der Waals surface area contributed by atoms with Gasteiger partial charge >= 0.3 is 0 Å². The summed E-state index contributed by atoms with van der Waals surface area (Å²) in [6, 6.07) is 4.53. The molecule has 19 heavy (non-hydrogen) atoms. The van der Waals surface area contributed by atoms with Crippen molar-refractivity contribution in [1.82, 2.24) is 15.1 Å². The van der Waals surface area contributed by atoms with Crippen LogP contribution in [0.4, 0.5) is 4.39 Å². The maximum atomic E-state index is 14.1. The number of aryl methyl sites for hydroxylation is 2. The number of nitrogens with zero attached hydrogens (tertiary/aromatic N) is 2. The second-order valence-corrected chi connectivity index (χ2v) is 4.88. The Morgan fingerprint density at radius 2 is 2.16 bits per heavy atom. The Bertz CT molecular complexity index is 580. The van der Waals surface area contributed by atoms with Crippen LogP contribution in [0.1, 0.15) is 29.8 Å². The Hall–Kier alpha value is -1.39. The number of hydrogen-bond donors (Lipinski definition) is 1. The summed E-state index contributed by atoms with van der Waals surface area (Å²) in [6.07, 6.45) is 2.73. The van der Waals surface area contributed by atoms with Gasteiger partial charge in [0.1, 0.15) is 5.82 Å². The lowest BCUT2D eigenvalue weighted by molar-refractivity contribution is 0.574. The molecule has 1 aromatic heterocycles. The Balaban J connectivity index is 2.49. The van der Waals surface area contributed by atoms with E-state index >= 15 is 0 Å². The molecular weight excluding hydrogens is 265 g/mol. The number of nitrogens with one attached hydrogen (secondary N) is 1. The largest absolute Gasteiger partial charge is 0.309 e. The minimum atomic E-state index is -0.308. The molecule has 0 saturated carbocycles. The SMILES string of the molecule is CCc1nn(C)cc1C(NC)c1ccc(Cl)cc1F. The average molecular weight is 282 g/mol.